The van der Waals surface area contributed by atoms with Crippen molar-refractivity contribution in [1.82, 2.24) is 15.3 Å². The molecule has 1 unspecified atom stereocenters. The Hall–Kier alpha value is -1.95. The molecule has 2 aromatic heterocycles. The Morgan fingerprint density at radius 2 is 2.39 bits per heavy atom. The van der Waals surface area contributed by atoms with Gasteiger partial charge < -0.3 is 11.1 Å². The number of nitrogen functional groups attached to an aromatic ring is 1. The number of amides is 1. The standard InChI is InChI=1S/C12H14N4OS/c1-8(10-4-2-3-5-14-10)15-11(17)6-9-7-18-12(13)16-9/h2-5,7-8H,6H2,1H3,(H2,13,16)(H,15,17). The van der Waals surface area contributed by atoms with Crippen molar-refractivity contribution in [3.05, 3.63) is 41.2 Å². The predicted molar refractivity (Wildman–Crippen MR) is 71.0 cm³/mol. The van der Waals surface area contributed by atoms with Gasteiger partial charge in [0, 0.05) is 11.6 Å². The fourth-order valence-corrected chi connectivity index (χ4v) is 2.13. The van der Waals surface area contributed by atoms with Crippen LogP contribution in [-0.4, -0.2) is 15.9 Å². The quantitative estimate of drug-likeness (QED) is 0.875. The molecule has 0 saturated heterocycles. The molecule has 3 N–H and O–H groups in total. The summed E-state index contributed by atoms with van der Waals surface area (Å²) in [4.78, 5) is 20.0. The number of hydrogen-bond acceptors (Lipinski definition) is 5. The van der Waals surface area contributed by atoms with E-state index in [4.69, 9.17) is 5.73 Å². The van der Waals surface area contributed by atoms with Gasteiger partial charge in [0.05, 0.1) is 23.9 Å². The van der Waals surface area contributed by atoms with E-state index in [1.807, 2.05) is 25.1 Å². The molecule has 94 valence electrons. The third kappa shape index (κ3) is 3.27. The molecule has 0 saturated carbocycles. The Bertz CT molecular complexity index is 526. The highest BCUT2D eigenvalue weighted by molar-refractivity contribution is 7.13. The second-order valence-electron chi connectivity index (χ2n) is 3.90. The maximum absolute atomic E-state index is 11.8. The fraction of sp³-hybridized carbons (Fsp3) is 0.250. The van der Waals surface area contributed by atoms with Gasteiger partial charge in [0.15, 0.2) is 5.13 Å². The number of thiazole rings is 1. The van der Waals surface area contributed by atoms with E-state index in [1.165, 1.54) is 11.3 Å². The molecule has 0 fully saturated rings. The van der Waals surface area contributed by atoms with Crippen LogP contribution in [0.1, 0.15) is 24.4 Å². The average molecular weight is 262 g/mol. The molecule has 0 bridgehead atoms. The minimum atomic E-state index is -0.116. The first-order valence-corrected chi connectivity index (χ1v) is 6.43. The Kier molecular flexibility index (Phi) is 3.88. The summed E-state index contributed by atoms with van der Waals surface area (Å²) >= 11 is 1.34. The van der Waals surface area contributed by atoms with Gasteiger partial charge in [0.2, 0.25) is 5.91 Å². The van der Waals surface area contributed by atoms with Gasteiger partial charge in [-0.2, -0.15) is 0 Å². The zero-order valence-electron chi connectivity index (χ0n) is 9.96. The zero-order chi connectivity index (χ0) is 13.0. The van der Waals surface area contributed by atoms with Crippen LogP contribution in [0.5, 0.6) is 0 Å². The van der Waals surface area contributed by atoms with E-state index in [0.29, 0.717) is 10.8 Å². The van der Waals surface area contributed by atoms with Gasteiger partial charge in [-0.1, -0.05) is 6.07 Å². The van der Waals surface area contributed by atoms with Crippen molar-refractivity contribution in [3.8, 4) is 0 Å². The number of pyridine rings is 1. The van der Waals surface area contributed by atoms with Crippen molar-refractivity contribution in [2.75, 3.05) is 5.73 Å². The van der Waals surface area contributed by atoms with E-state index >= 15 is 0 Å². The van der Waals surface area contributed by atoms with Gasteiger partial charge in [0.1, 0.15) is 0 Å². The van der Waals surface area contributed by atoms with Crippen molar-refractivity contribution < 1.29 is 4.79 Å². The number of nitrogens with zero attached hydrogens (tertiary/aromatic N) is 2. The van der Waals surface area contributed by atoms with Crippen LogP contribution in [0.15, 0.2) is 29.8 Å². The van der Waals surface area contributed by atoms with E-state index in [-0.39, 0.29) is 18.4 Å². The number of nitrogens with two attached hydrogens (primary N) is 1. The molecule has 0 aliphatic rings. The molecule has 0 aliphatic heterocycles. The van der Waals surface area contributed by atoms with Crippen LogP contribution in [0.25, 0.3) is 0 Å². The molecule has 1 atom stereocenters. The fourth-order valence-electron chi connectivity index (χ4n) is 1.57. The lowest BCUT2D eigenvalue weighted by molar-refractivity contribution is -0.121. The summed E-state index contributed by atoms with van der Waals surface area (Å²) in [5.74, 6) is -0.0848. The first-order valence-electron chi connectivity index (χ1n) is 5.55. The summed E-state index contributed by atoms with van der Waals surface area (Å²) in [5.41, 5.74) is 7.05. The zero-order valence-corrected chi connectivity index (χ0v) is 10.8. The number of nitrogens with one attached hydrogen (secondary N) is 1. The van der Waals surface area contributed by atoms with Gasteiger partial charge in [-0.3, -0.25) is 9.78 Å². The molecule has 5 nitrogen and oxygen atoms in total. The lowest BCUT2D eigenvalue weighted by atomic mass is 10.2. The summed E-state index contributed by atoms with van der Waals surface area (Å²) in [6.07, 6.45) is 1.95. The Labute approximate surface area is 109 Å². The van der Waals surface area contributed by atoms with Crippen LogP contribution in [0.2, 0.25) is 0 Å². The number of aromatic nitrogens is 2. The molecule has 6 heteroatoms. The van der Waals surface area contributed by atoms with E-state index < -0.39 is 0 Å². The highest BCUT2D eigenvalue weighted by Gasteiger charge is 2.12. The van der Waals surface area contributed by atoms with Crippen molar-refractivity contribution in [2.45, 2.75) is 19.4 Å². The van der Waals surface area contributed by atoms with Crippen LogP contribution in [-0.2, 0) is 11.2 Å². The van der Waals surface area contributed by atoms with Crippen molar-refractivity contribution in [1.29, 1.82) is 0 Å². The van der Waals surface area contributed by atoms with E-state index in [1.54, 1.807) is 11.6 Å². The lowest BCUT2D eigenvalue weighted by Crippen LogP contribution is -2.28. The molecule has 0 aliphatic carbocycles. The largest absolute Gasteiger partial charge is 0.375 e. The van der Waals surface area contributed by atoms with Gasteiger partial charge in [-0.05, 0) is 19.1 Å². The maximum Gasteiger partial charge on any atom is 0.226 e. The Balaban J connectivity index is 1.92. The smallest absolute Gasteiger partial charge is 0.226 e. The summed E-state index contributed by atoms with van der Waals surface area (Å²) in [6, 6.07) is 5.50. The number of carbonyl (C=O) groups is 1. The molecular weight excluding hydrogens is 248 g/mol. The summed E-state index contributed by atoms with van der Waals surface area (Å²) in [7, 11) is 0. The van der Waals surface area contributed by atoms with E-state index in [2.05, 4.69) is 15.3 Å². The van der Waals surface area contributed by atoms with Crippen molar-refractivity contribution >= 4 is 22.4 Å². The molecule has 0 radical (unpaired) electrons. The van der Waals surface area contributed by atoms with Crippen molar-refractivity contribution in [3.63, 3.8) is 0 Å². The SMILES string of the molecule is CC(NC(=O)Cc1csc(N)n1)c1ccccn1. The molecule has 2 rings (SSSR count). The third-order valence-corrected chi connectivity index (χ3v) is 3.14. The van der Waals surface area contributed by atoms with Gasteiger partial charge >= 0.3 is 0 Å². The number of hydrogen-bond donors (Lipinski definition) is 2. The van der Waals surface area contributed by atoms with Crippen molar-refractivity contribution in [2.24, 2.45) is 0 Å². The molecular formula is C12H14N4OS. The second-order valence-corrected chi connectivity index (χ2v) is 4.79. The van der Waals surface area contributed by atoms with Crippen LogP contribution in [0, 0.1) is 0 Å². The van der Waals surface area contributed by atoms with Crippen LogP contribution in [0.3, 0.4) is 0 Å². The predicted octanol–water partition coefficient (Wildman–Crippen LogP) is 1.54. The molecule has 1 amide bonds. The first kappa shape index (κ1) is 12.5. The summed E-state index contributed by atoms with van der Waals surface area (Å²) in [6.45, 7) is 1.90. The first-order chi connectivity index (χ1) is 8.65. The molecule has 18 heavy (non-hydrogen) atoms. The van der Waals surface area contributed by atoms with Crippen LogP contribution >= 0.6 is 11.3 Å². The molecule has 2 heterocycles. The minimum absolute atomic E-state index is 0.0848. The summed E-state index contributed by atoms with van der Waals surface area (Å²) < 4.78 is 0. The third-order valence-electron chi connectivity index (χ3n) is 2.42. The second kappa shape index (κ2) is 5.59. The Morgan fingerprint density at radius 3 is 3.00 bits per heavy atom. The number of rotatable bonds is 4. The van der Waals surface area contributed by atoms with Gasteiger partial charge in [0.25, 0.3) is 0 Å². The van der Waals surface area contributed by atoms with Gasteiger partial charge in [-0.25, -0.2) is 4.98 Å². The Morgan fingerprint density at radius 1 is 1.56 bits per heavy atom. The number of carbonyl (C=O) groups excluding carboxylic acids is 1. The lowest BCUT2D eigenvalue weighted by Gasteiger charge is -2.12. The van der Waals surface area contributed by atoms with E-state index in [0.717, 1.165) is 5.69 Å². The maximum atomic E-state index is 11.8. The number of anilines is 1. The minimum Gasteiger partial charge on any atom is -0.375 e. The highest BCUT2D eigenvalue weighted by atomic mass is 32.1. The molecule has 0 spiro atoms. The monoisotopic (exact) mass is 262 g/mol. The van der Waals surface area contributed by atoms with Crippen LogP contribution in [0.4, 0.5) is 5.13 Å². The summed E-state index contributed by atoms with van der Waals surface area (Å²) in [5, 5.41) is 5.15. The average Bonchev–Trinajstić information content (AvgIpc) is 2.75. The molecule has 2 aromatic rings. The van der Waals surface area contributed by atoms with Crippen LogP contribution < -0.4 is 11.1 Å². The normalized spacial score (nSPS) is 12.1. The molecule has 0 aromatic carbocycles. The topological polar surface area (TPSA) is 80.9 Å². The highest BCUT2D eigenvalue weighted by Crippen LogP contribution is 2.12. The van der Waals surface area contributed by atoms with Gasteiger partial charge in [-0.15, -0.1) is 11.3 Å². The van der Waals surface area contributed by atoms with E-state index in [9.17, 15) is 4.79 Å².